The fourth-order valence-electron chi connectivity index (χ4n) is 5.28. The molecular formula is C30H30ClFN4O7S2. The molecule has 0 bridgehead atoms. The van der Waals surface area contributed by atoms with Gasteiger partial charge in [-0.1, -0.05) is 23.7 Å². The Hall–Kier alpha value is -4.14. The van der Waals surface area contributed by atoms with Crippen LogP contribution in [0.5, 0.6) is 17.2 Å². The van der Waals surface area contributed by atoms with E-state index in [1.54, 1.807) is 30.3 Å². The molecule has 1 fully saturated rings. The molecule has 1 aromatic heterocycles. The van der Waals surface area contributed by atoms with Gasteiger partial charge in [0.25, 0.3) is 10.0 Å². The van der Waals surface area contributed by atoms with Crippen LogP contribution in [0.3, 0.4) is 0 Å². The number of rotatable bonds is 11. The minimum atomic E-state index is -4.33. The first-order chi connectivity index (χ1) is 21.6. The summed E-state index contributed by atoms with van der Waals surface area (Å²) in [5.74, 6) is -0.445. The molecule has 1 aliphatic heterocycles. The fraction of sp³-hybridized carbons (Fsp3) is 0.300. The monoisotopic (exact) mass is 676 g/mol. The lowest BCUT2D eigenvalue weighted by atomic mass is 9.81. The van der Waals surface area contributed by atoms with Crippen molar-refractivity contribution >= 4 is 44.4 Å². The van der Waals surface area contributed by atoms with Crippen LogP contribution in [0.1, 0.15) is 23.5 Å². The van der Waals surface area contributed by atoms with E-state index in [-0.39, 0.29) is 47.3 Å². The van der Waals surface area contributed by atoms with Gasteiger partial charge in [0, 0.05) is 47.2 Å². The van der Waals surface area contributed by atoms with Crippen LogP contribution in [0.25, 0.3) is 0 Å². The number of hydrogen-bond acceptors (Lipinski definition) is 9. The van der Waals surface area contributed by atoms with E-state index in [4.69, 9.17) is 25.8 Å². The number of ether oxygens (including phenoxy) is 3. The van der Waals surface area contributed by atoms with Crippen LogP contribution in [-0.2, 0) is 16.6 Å². The minimum absolute atomic E-state index is 0.00820. The number of nitrogens with zero attached hydrogens (tertiary/aromatic N) is 4. The van der Waals surface area contributed by atoms with Crippen molar-refractivity contribution in [3.63, 3.8) is 0 Å². The molecule has 11 nitrogen and oxygen atoms in total. The summed E-state index contributed by atoms with van der Waals surface area (Å²) in [5.41, 5.74) is 1.50. The molecule has 2 heterocycles. The summed E-state index contributed by atoms with van der Waals surface area (Å²) in [6, 6.07) is 15.7. The van der Waals surface area contributed by atoms with Crippen LogP contribution < -0.4 is 18.5 Å². The van der Waals surface area contributed by atoms with Gasteiger partial charge in [-0.05, 0) is 60.4 Å². The van der Waals surface area contributed by atoms with Crippen molar-refractivity contribution in [1.82, 2.24) is 14.3 Å². The third-order valence-electron chi connectivity index (χ3n) is 7.62. The molecule has 1 aliphatic rings. The van der Waals surface area contributed by atoms with Crippen molar-refractivity contribution in [3.8, 4) is 17.2 Å². The second kappa shape index (κ2) is 13.9. The Morgan fingerprint density at radius 3 is 2.53 bits per heavy atom. The van der Waals surface area contributed by atoms with Gasteiger partial charge in [0.15, 0.2) is 11.6 Å². The van der Waals surface area contributed by atoms with E-state index in [1.165, 1.54) is 37.6 Å². The zero-order valence-corrected chi connectivity index (χ0v) is 26.7. The predicted octanol–water partition coefficient (Wildman–Crippen LogP) is 5.91. The van der Waals surface area contributed by atoms with Crippen molar-refractivity contribution in [2.45, 2.75) is 23.8 Å². The van der Waals surface area contributed by atoms with Gasteiger partial charge in [0.05, 0.1) is 32.3 Å². The van der Waals surface area contributed by atoms with Crippen molar-refractivity contribution < 1.29 is 36.9 Å². The van der Waals surface area contributed by atoms with Crippen LogP contribution in [0.15, 0.2) is 71.9 Å². The van der Waals surface area contributed by atoms with Crippen molar-refractivity contribution in [2.75, 3.05) is 38.2 Å². The number of anilines is 1. The number of halogens is 2. The maximum atomic E-state index is 15.5. The van der Waals surface area contributed by atoms with Crippen LogP contribution in [-0.4, -0.2) is 67.8 Å². The lowest BCUT2D eigenvalue weighted by Gasteiger charge is -2.37. The molecule has 45 heavy (non-hydrogen) atoms. The SMILES string of the molecule is COc1ccc(CN(c2ncns2)S(=O)(=O)c2ccc(OCC3CN(C(=O)O)CCC3c3ccc(Cl)cc3)c(F)c2)c(OC)c1. The molecule has 2 atom stereocenters. The normalized spacial score (nSPS) is 16.7. The number of sulfonamides is 1. The van der Waals surface area contributed by atoms with Gasteiger partial charge >= 0.3 is 6.09 Å². The Morgan fingerprint density at radius 2 is 1.89 bits per heavy atom. The molecule has 0 saturated carbocycles. The smallest absolute Gasteiger partial charge is 0.407 e. The largest absolute Gasteiger partial charge is 0.497 e. The predicted molar refractivity (Wildman–Crippen MR) is 167 cm³/mol. The van der Waals surface area contributed by atoms with Gasteiger partial charge in [-0.15, -0.1) is 0 Å². The van der Waals surface area contributed by atoms with Crippen LogP contribution in [0.4, 0.5) is 14.3 Å². The summed E-state index contributed by atoms with van der Waals surface area (Å²) in [6.07, 6.45) is 0.754. The van der Waals surface area contributed by atoms with Gasteiger partial charge in [-0.2, -0.15) is 4.37 Å². The summed E-state index contributed by atoms with van der Waals surface area (Å²) in [7, 11) is -1.36. The highest BCUT2D eigenvalue weighted by Crippen LogP contribution is 2.36. The molecule has 15 heteroatoms. The number of benzene rings is 3. The lowest BCUT2D eigenvalue weighted by molar-refractivity contribution is 0.0928. The molecule has 0 spiro atoms. The third kappa shape index (κ3) is 7.24. The van der Waals surface area contributed by atoms with Gasteiger partial charge in [-0.3, -0.25) is 0 Å². The Balaban J connectivity index is 1.38. The lowest BCUT2D eigenvalue weighted by Crippen LogP contribution is -2.44. The Labute approximate surface area is 269 Å². The average molecular weight is 677 g/mol. The Morgan fingerprint density at radius 1 is 1.11 bits per heavy atom. The first kappa shape index (κ1) is 32.3. The van der Waals surface area contributed by atoms with E-state index >= 15 is 4.39 Å². The topological polar surface area (TPSA) is 131 Å². The maximum Gasteiger partial charge on any atom is 0.407 e. The van der Waals surface area contributed by atoms with E-state index in [0.717, 1.165) is 27.5 Å². The highest BCUT2D eigenvalue weighted by Gasteiger charge is 2.34. The van der Waals surface area contributed by atoms with Gasteiger partial charge in [-0.25, -0.2) is 26.9 Å². The number of piperidine rings is 1. The van der Waals surface area contributed by atoms with Crippen molar-refractivity contribution in [2.24, 2.45) is 5.92 Å². The molecule has 0 aliphatic carbocycles. The number of likely N-dealkylation sites (tertiary alicyclic amines) is 1. The third-order valence-corrected chi connectivity index (χ3v) is 10.4. The van der Waals surface area contributed by atoms with Crippen LogP contribution >= 0.6 is 23.1 Å². The zero-order valence-electron chi connectivity index (χ0n) is 24.3. The number of carboxylic acid groups (broad SMARTS) is 1. The summed E-state index contributed by atoms with van der Waals surface area (Å²) < 4.78 is 64.7. The molecule has 5 rings (SSSR count). The van der Waals surface area contributed by atoms with Crippen molar-refractivity contribution in [1.29, 1.82) is 0 Å². The molecule has 1 saturated heterocycles. The number of methoxy groups -OCH3 is 2. The molecule has 238 valence electrons. The van der Waals surface area contributed by atoms with Gasteiger partial charge in [0.1, 0.15) is 17.8 Å². The first-order valence-corrected chi connectivity index (χ1v) is 16.4. The van der Waals surface area contributed by atoms with Crippen LogP contribution in [0.2, 0.25) is 5.02 Å². The summed E-state index contributed by atoms with van der Waals surface area (Å²) in [5, 5.41) is 10.2. The highest BCUT2D eigenvalue weighted by molar-refractivity contribution is 7.93. The quantitative estimate of drug-likeness (QED) is 0.206. The number of carbonyl (C=O) groups is 1. The number of amides is 1. The summed E-state index contributed by atoms with van der Waals surface area (Å²) >= 11 is 6.93. The number of hydrogen-bond donors (Lipinski definition) is 1. The molecule has 1 amide bonds. The van der Waals surface area contributed by atoms with Crippen LogP contribution in [0, 0.1) is 11.7 Å². The molecule has 0 radical (unpaired) electrons. The Bertz CT molecular complexity index is 1740. The van der Waals surface area contributed by atoms with E-state index in [2.05, 4.69) is 9.36 Å². The Kier molecular flexibility index (Phi) is 9.95. The second-order valence-corrected chi connectivity index (χ2v) is 13.3. The highest BCUT2D eigenvalue weighted by atomic mass is 35.5. The van der Waals surface area contributed by atoms with E-state index in [0.29, 0.717) is 35.1 Å². The van der Waals surface area contributed by atoms with E-state index in [1.807, 2.05) is 12.1 Å². The van der Waals surface area contributed by atoms with Crippen molar-refractivity contribution in [3.05, 3.63) is 89.0 Å². The average Bonchev–Trinajstić information content (AvgIpc) is 3.57. The molecular weight excluding hydrogens is 647 g/mol. The molecule has 4 aromatic rings. The minimum Gasteiger partial charge on any atom is -0.497 e. The maximum absolute atomic E-state index is 15.5. The standard InChI is InChI=1S/C30H30ClFN4O7S2/c1-41-23-8-5-20(28(13-23)42-2)16-36(29-33-18-34-44-29)45(39,40)24-9-10-27(26(32)14-24)43-17-21-15-35(30(37)38)12-11-25(21)19-3-6-22(31)7-4-19/h3-10,13-14,18,21,25H,11-12,15-17H2,1-2H3,(H,37,38). The summed E-state index contributed by atoms with van der Waals surface area (Å²) in [4.78, 5) is 16.8. The van der Waals surface area contributed by atoms with Gasteiger partial charge < -0.3 is 24.2 Å². The van der Waals surface area contributed by atoms with E-state index < -0.39 is 21.9 Å². The molecule has 3 aromatic carbocycles. The molecule has 2 unspecified atom stereocenters. The first-order valence-electron chi connectivity index (χ1n) is 13.8. The fourth-order valence-corrected chi connectivity index (χ4v) is 7.54. The molecule has 1 N–H and O–H groups in total. The zero-order chi connectivity index (χ0) is 32.1. The summed E-state index contributed by atoms with van der Waals surface area (Å²) in [6.45, 7) is 0.391. The second-order valence-electron chi connectivity index (χ2n) is 10.3. The number of aromatic nitrogens is 2. The van der Waals surface area contributed by atoms with E-state index in [9.17, 15) is 18.3 Å². The van der Waals surface area contributed by atoms with Gasteiger partial charge in [0.2, 0.25) is 5.13 Å².